The summed E-state index contributed by atoms with van der Waals surface area (Å²) in [4.78, 5) is 11.1. The van der Waals surface area contributed by atoms with Crippen molar-refractivity contribution in [2.24, 2.45) is 7.05 Å². The van der Waals surface area contributed by atoms with Crippen LogP contribution in [0.3, 0.4) is 0 Å². The van der Waals surface area contributed by atoms with Gasteiger partial charge in [-0.05, 0) is 49.9 Å². The molecule has 0 radical (unpaired) electrons. The van der Waals surface area contributed by atoms with E-state index >= 15 is 0 Å². The Kier molecular flexibility index (Phi) is 4.50. The van der Waals surface area contributed by atoms with Crippen LogP contribution in [-0.2, 0) is 19.9 Å². The molecule has 0 N–H and O–H groups in total. The number of aromatic nitrogens is 4. The van der Waals surface area contributed by atoms with Gasteiger partial charge in [0, 0.05) is 49.7 Å². The molecule has 0 spiro atoms. The van der Waals surface area contributed by atoms with Crippen molar-refractivity contribution < 1.29 is 4.52 Å². The molecule has 1 fully saturated rings. The average Bonchev–Trinajstić information content (AvgIpc) is 3.30. The van der Waals surface area contributed by atoms with Crippen molar-refractivity contribution in [3.63, 3.8) is 0 Å². The minimum Gasteiger partial charge on any atom is -0.372 e. The molecule has 3 aromatic rings. The summed E-state index contributed by atoms with van der Waals surface area (Å²) in [5, 5.41) is 4.13. The molecular weight excluding hydrogens is 314 g/mol. The molecular formula is C19H23N5O. The molecule has 1 aromatic carbocycles. The predicted molar refractivity (Wildman–Crippen MR) is 96.4 cm³/mol. The fourth-order valence-corrected chi connectivity index (χ4v) is 3.31. The molecule has 130 valence electrons. The first-order chi connectivity index (χ1) is 12.3. The van der Waals surface area contributed by atoms with Crippen LogP contribution in [0.1, 0.15) is 30.8 Å². The van der Waals surface area contributed by atoms with Gasteiger partial charge in [0.15, 0.2) is 0 Å². The van der Waals surface area contributed by atoms with Gasteiger partial charge in [0.2, 0.25) is 11.7 Å². The van der Waals surface area contributed by atoms with Gasteiger partial charge in [0.25, 0.3) is 0 Å². The van der Waals surface area contributed by atoms with Crippen LogP contribution in [0.25, 0.3) is 11.4 Å². The van der Waals surface area contributed by atoms with E-state index in [2.05, 4.69) is 44.3 Å². The number of piperidine rings is 1. The molecule has 0 saturated carbocycles. The van der Waals surface area contributed by atoms with Gasteiger partial charge >= 0.3 is 0 Å². The lowest BCUT2D eigenvalue weighted by molar-refractivity contribution is 0.378. The van der Waals surface area contributed by atoms with Crippen LogP contribution in [0.5, 0.6) is 0 Å². The molecule has 0 bridgehead atoms. The number of benzene rings is 1. The lowest BCUT2D eigenvalue weighted by atomic mass is 10.1. The number of anilines is 1. The minimum atomic E-state index is 0.658. The van der Waals surface area contributed by atoms with Crippen LogP contribution >= 0.6 is 0 Å². The third-order valence-corrected chi connectivity index (χ3v) is 4.83. The topological polar surface area (TPSA) is 60.0 Å². The van der Waals surface area contributed by atoms with Gasteiger partial charge in [0.05, 0.1) is 6.33 Å². The van der Waals surface area contributed by atoms with Gasteiger partial charge in [-0.15, -0.1) is 0 Å². The van der Waals surface area contributed by atoms with E-state index in [0.717, 1.165) is 37.2 Å². The Hall–Kier alpha value is -2.63. The first-order valence-electron chi connectivity index (χ1n) is 8.93. The van der Waals surface area contributed by atoms with E-state index in [1.807, 2.05) is 17.8 Å². The maximum atomic E-state index is 5.40. The summed E-state index contributed by atoms with van der Waals surface area (Å²) in [6, 6.07) is 8.48. The highest BCUT2D eigenvalue weighted by Gasteiger charge is 2.13. The molecule has 0 unspecified atom stereocenters. The number of rotatable bonds is 5. The number of hydrogen-bond donors (Lipinski definition) is 0. The highest BCUT2D eigenvalue weighted by molar-refractivity contribution is 5.60. The zero-order valence-electron chi connectivity index (χ0n) is 14.6. The first kappa shape index (κ1) is 15.9. The summed E-state index contributed by atoms with van der Waals surface area (Å²) in [5.41, 5.74) is 3.44. The van der Waals surface area contributed by atoms with Crippen LogP contribution in [0.4, 0.5) is 5.69 Å². The van der Waals surface area contributed by atoms with Gasteiger partial charge in [-0.3, -0.25) is 0 Å². The summed E-state index contributed by atoms with van der Waals surface area (Å²) in [6.07, 6.45) is 9.15. The fraction of sp³-hybridized carbons (Fsp3) is 0.421. The molecule has 4 rings (SSSR count). The minimum absolute atomic E-state index is 0.658. The SMILES string of the molecule is Cn1cncc1CCc1nc(-c2ccc(N3CCCCC3)cc2)no1. The summed E-state index contributed by atoms with van der Waals surface area (Å²) in [7, 11) is 1.99. The Labute approximate surface area is 147 Å². The lowest BCUT2D eigenvalue weighted by Gasteiger charge is -2.28. The Morgan fingerprint density at radius 2 is 1.84 bits per heavy atom. The molecule has 2 aromatic heterocycles. The lowest BCUT2D eigenvalue weighted by Crippen LogP contribution is -2.29. The molecule has 6 nitrogen and oxygen atoms in total. The van der Waals surface area contributed by atoms with Crippen LogP contribution < -0.4 is 4.90 Å². The average molecular weight is 337 g/mol. The number of aryl methyl sites for hydroxylation is 3. The number of imidazole rings is 1. The second kappa shape index (κ2) is 7.09. The first-order valence-corrected chi connectivity index (χ1v) is 8.93. The molecule has 0 amide bonds. The summed E-state index contributed by atoms with van der Waals surface area (Å²) < 4.78 is 7.41. The molecule has 0 aliphatic carbocycles. The standard InChI is InChI=1S/C19H23N5O/c1-23-14-20-13-17(23)9-10-18-21-19(22-25-18)15-5-7-16(8-6-15)24-11-3-2-4-12-24/h5-8,13-14H,2-4,9-12H2,1H3. The van der Waals surface area contributed by atoms with E-state index in [4.69, 9.17) is 4.52 Å². The van der Waals surface area contributed by atoms with Gasteiger partial charge in [-0.1, -0.05) is 5.16 Å². The number of nitrogens with zero attached hydrogens (tertiary/aromatic N) is 5. The second-order valence-electron chi connectivity index (χ2n) is 6.60. The van der Waals surface area contributed by atoms with Crippen LogP contribution in [0, 0.1) is 0 Å². The zero-order valence-corrected chi connectivity index (χ0v) is 14.6. The van der Waals surface area contributed by atoms with Crippen molar-refractivity contribution in [2.75, 3.05) is 18.0 Å². The number of hydrogen-bond acceptors (Lipinski definition) is 5. The van der Waals surface area contributed by atoms with Crippen molar-refractivity contribution in [1.82, 2.24) is 19.7 Å². The Balaban J connectivity index is 1.42. The van der Waals surface area contributed by atoms with Crippen LogP contribution in [0.2, 0.25) is 0 Å². The van der Waals surface area contributed by atoms with E-state index in [-0.39, 0.29) is 0 Å². The molecule has 1 aliphatic heterocycles. The smallest absolute Gasteiger partial charge is 0.227 e. The quantitative estimate of drug-likeness (QED) is 0.715. The normalized spacial score (nSPS) is 14.8. The van der Waals surface area contributed by atoms with Crippen molar-refractivity contribution in [1.29, 1.82) is 0 Å². The summed E-state index contributed by atoms with van der Waals surface area (Å²) >= 11 is 0. The maximum absolute atomic E-state index is 5.40. The monoisotopic (exact) mass is 337 g/mol. The van der Waals surface area contributed by atoms with Gasteiger partial charge < -0.3 is 14.0 Å². The molecule has 1 saturated heterocycles. The van der Waals surface area contributed by atoms with Crippen molar-refractivity contribution >= 4 is 5.69 Å². The van der Waals surface area contributed by atoms with Crippen molar-refractivity contribution in [3.05, 3.63) is 48.4 Å². The highest BCUT2D eigenvalue weighted by atomic mass is 16.5. The fourth-order valence-electron chi connectivity index (χ4n) is 3.31. The molecule has 25 heavy (non-hydrogen) atoms. The van der Waals surface area contributed by atoms with E-state index in [1.165, 1.54) is 24.9 Å². The van der Waals surface area contributed by atoms with Crippen molar-refractivity contribution in [2.45, 2.75) is 32.1 Å². The Morgan fingerprint density at radius 1 is 1.04 bits per heavy atom. The second-order valence-corrected chi connectivity index (χ2v) is 6.60. The molecule has 0 atom stereocenters. The van der Waals surface area contributed by atoms with Gasteiger partial charge in [0.1, 0.15) is 0 Å². The van der Waals surface area contributed by atoms with Gasteiger partial charge in [-0.25, -0.2) is 4.98 Å². The van der Waals surface area contributed by atoms with E-state index < -0.39 is 0 Å². The van der Waals surface area contributed by atoms with Crippen LogP contribution in [-0.4, -0.2) is 32.8 Å². The molecule has 3 heterocycles. The third kappa shape index (κ3) is 3.57. The Morgan fingerprint density at radius 3 is 2.56 bits per heavy atom. The largest absolute Gasteiger partial charge is 0.372 e. The predicted octanol–water partition coefficient (Wildman–Crippen LogP) is 3.25. The van der Waals surface area contributed by atoms with E-state index in [1.54, 1.807) is 6.33 Å². The summed E-state index contributed by atoms with van der Waals surface area (Å²) in [5.74, 6) is 1.32. The van der Waals surface area contributed by atoms with Gasteiger partial charge in [-0.2, -0.15) is 4.98 Å². The van der Waals surface area contributed by atoms with Crippen LogP contribution in [0.15, 0.2) is 41.3 Å². The van der Waals surface area contributed by atoms with E-state index in [9.17, 15) is 0 Å². The van der Waals surface area contributed by atoms with E-state index in [0.29, 0.717) is 11.7 Å². The molecule has 6 heteroatoms. The maximum Gasteiger partial charge on any atom is 0.227 e. The third-order valence-electron chi connectivity index (χ3n) is 4.83. The molecule has 1 aliphatic rings. The summed E-state index contributed by atoms with van der Waals surface area (Å²) in [6.45, 7) is 2.30. The van der Waals surface area contributed by atoms with Crippen molar-refractivity contribution in [3.8, 4) is 11.4 Å². The Bertz CT molecular complexity index is 814. The highest BCUT2D eigenvalue weighted by Crippen LogP contribution is 2.24. The zero-order chi connectivity index (χ0) is 17.1.